The Hall–Kier alpha value is -1.85. The Balaban J connectivity index is 2.28. The molecular weight excluding hydrogens is 214 g/mol. The molecular formula is C10H13NO5. The standard InChI is InChI=1S/C10H13NO5/c1-2-3-9(13)15-5-4-11-6-10(14)16-7-8(11)12/h2-3H,4-7H2,1H3/b3-2+. The average Bonchev–Trinajstić information content (AvgIpc) is 2.23. The van der Waals surface area contributed by atoms with Crippen molar-refractivity contribution in [1.29, 1.82) is 0 Å². The fourth-order valence-electron chi connectivity index (χ4n) is 1.17. The minimum Gasteiger partial charge on any atom is -0.461 e. The van der Waals surface area contributed by atoms with E-state index in [0.717, 1.165) is 0 Å². The van der Waals surface area contributed by atoms with Gasteiger partial charge in [-0.15, -0.1) is 0 Å². The van der Waals surface area contributed by atoms with Crippen LogP contribution >= 0.6 is 0 Å². The SMILES string of the molecule is C/C=C/C(=O)OCCN1CC(=O)OCC1=O. The molecule has 6 nitrogen and oxygen atoms in total. The van der Waals surface area contributed by atoms with Gasteiger partial charge in [0, 0.05) is 6.08 Å². The van der Waals surface area contributed by atoms with Gasteiger partial charge in [0.05, 0.1) is 6.54 Å². The number of cyclic esters (lactones) is 1. The zero-order valence-corrected chi connectivity index (χ0v) is 8.97. The van der Waals surface area contributed by atoms with Gasteiger partial charge in [0.25, 0.3) is 5.91 Å². The van der Waals surface area contributed by atoms with Crippen LogP contribution in [0.4, 0.5) is 0 Å². The quantitative estimate of drug-likeness (QED) is 0.478. The lowest BCUT2D eigenvalue weighted by Crippen LogP contribution is -2.45. The van der Waals surface area contributed by atoms with Gasteiger partial charge >= 0.3 is 11.9 Å². The van der Waals surface area contributed by atoms with Crippen molar-refractivity contribution < 1.29 is 23.9 Å². The molecule has 0 aromatic heterocycles. The second-order valence-corrected chi connectivity index (χ2v) is 3.14. The first-order valence-corrected chi connectivity index (χ1v) is 4.86. The molecule has 1 fully saturated rings. The molecule has 0 atom stereocenters. The van der Waals surface area contributed by atoms with Crippen LogP contribution in [0.5, 0.6) is 0 Å². The maximum Gasteiger partial charge on any atom is 0.330 e. The molecule has 0 saturated carbocycles. The molecule has 1 aliphatic rings. The number of carbonyl (C=O) groups excluding carboxylic acids is 3. The molecule has 0 aliphatic carbocycles. The molecule has 16 heavy (non-hydrogen) atoms. The fourth-order valence-corrected chi connectivity index (χ4v) is 1.17. The monoisotopic (exact) mass is 227 g/mol. The van der Waals surface area contributed by atoms with E-state index in [4.69, 9.17) is 4.74 Å². The Bertz CT molecular complexity index is 323. The van der Waals surface area contributed by atoms with E-state index in [0.29, 0.717) is 0 Å². The largest absolute Gasteiger partial charge is 0.461 e. The van der Waals surface area contributed by atoms with Crippen LogP contribution in [-0.4, -0.2) is 49.0 Å². The third-order valence-electron chi connectivity index (χ3n) is 1.94. The predicted octanol–water partition coefficient (Wildman–Crippen LogP) is -0.509. The first-order chi connectivity index (χ1) is 7.63. The number of ether oxygens (including phenoxy) is 2. The van der Waals surface area contributed by atoms with E-state index in [-0.39, 0.29) is 32.2 Å². The number of morpholine rings is 1. The van der Waals surface area contributed by atoms with Crippen LogP contribution in [0.15, 0.2) is 12.2 Å². The van der Waals surface area contributed by atoms with Crippen LogP contribution in [0.3, 0.4) is 0 Å². The van der Waals surface area contributed by atoms with E-state index in [2.05, 4.69) is 4.74 Å². The maximum absolute atomic E-state index is 11.2. The van der Waals surface area contributed by atoms with Gasteiger partial charge in [-0.05, 0) is 6.92 Å². The van der Waals surface area contributed by atoms with Gasteiger partial charge in [0.2, 0.25) is 0 Å². The highest BCUT2D eigenvalue weighted by Crippen LogP contribution is 1.99. The number of allylic oxidation sites excluding steroid dienone is 1. The van der Waals surface area contributed by atoms with E-state index in [9.17, 15) is 14.4 Å². The molecule has 6 heteroatoms. The zero-order chi connectivity index (χ0) is 12.0. The van der Waals surface area contributed by atoms with E-state index in [1.54, 1.807) is 13.0 Å². The number of amides is 1. The Labute approximate surface area is 92.8 Å². The summed E-state index contributed by atoms with van der Waals surface area (Å²) < 4.78 is 9.33. The topological polar surface area (TPSA) is 72.9 Å². The fraction of sp³-hybridized carbons (Fsp3) is 0.500. The highest BCUT2D eigenvalue weighted by molar-refractivity contribution is 5.88. The summed E-state index contributed by atoms with van der Waals surface area (Å²) in [5, 5.41) is 0. The normalized spacial score (nSPS) is 16.4. The summed E-state index contributed by atoms with van der Waals surface area (Å²) >= 11 is 0. The Morgan fingerprint density at radius 3 is 3.00 bits per heavy atom. The van der Waals surface area contributed by atoms with Crippen LogP contribution < -0.4 is 0 Å². The van der Waals surface area contributed by atoms with Crippen LogP contribution in [0.2, 0.25) is 0 Å². The van der Waals surface area contributed by atoms with Crippen LogP contribution in [-0.2, 0) is 23.9 Å². The lowest BCUT2D eigenvalue weighted by atomic mass is 10.4. The van der Waals surface area contributed by atoms with Crippen LogP contribution in [0.25, 0.3) is 0 Å². The summed E-state index contributed by atoms with van der Waals surface area (Å²) in [6, 6.07) is 0. The molecule has 0 aromatic carbocycles. The molecule has 1 saturated heterocycles. The molecule has 0 unspecified atom stereocenters. The highest BCUT2D eigenvalue weighted by atomic mass is 16.5. The Kier molecular flexibility index (Phi) is 4.50. The van der Waals surface area contributed by atoms with Gasteiger partial charge < -0.3 is 14.4 Å². The van der Waals surface area contributed by atoms with Crippen molar-refractivity contribution in [3.8, 4) is 0 Å². The minimum atomic E-state index is -0.463. The van der Waals surface area contributed by atoms with Gasteiger partial charge in [-0.25, -0.2) is 4.79 Å². The summed E-state index contributed by atoms with van der Waals surface area (Å²) in [5.74, 6) is -1.18. The van der Waals surface area contributed by atoms with Crippen molar-refractivity contribution in [3.63, 3.8) is 0 Å². The number of carbonyl (C=O) groups is 3. The van der Waals surface area contributed by atoms with Gasteiger partial charge in [-0.2, -0.15) is 0 Å². The molecule has 1 aliphatic heterocycles. The highest BCUT2D eigenvalue weighted by Gasteiger charge is 2.24. The van der Waals surface area contributed by atoms with E-state index in [1.807, 2.05) is 0 Å². The molecule has 0 spiro atoms. The second-order valence-electron chi connectivity index (χ2n) is 3.14. The van der Waals surface area contributed by atoms with Gasteiger partial charge in [-0.1, -0.05) is 6.08 Å². The van der Waals surface area contributed by atoms with Crippen molar-refractivity contribution in [2.75, 3.05) is 26.3 Å². The van der Waals surface area contributed by atoms with Gasteiger partial charge in [0.1, 0.15) is 13.2 Å². The molecule has 1 amide bonds. The molecule has 88 valence electrons. The number of hydrogen-bond donors (Lipinski definition) is 0. The van der Waals surface area contributed by atoms with Gasteiger partial charge in [0.15, 0.2) is 6.61 Å². The van der Waals surface area contributed by atoms with E-state index in [1.165, 1.54) is 11.0 Å². The summed E-state index contributed by atoms with van der Waals surface area (Å²) in [5.41, 5.74) is 0. The van der Waals surface area contributed by atoms with Crippen molar-refractivity contribution in [1.82, 2.24) is 4.90 Å². The number of hydrogen-bond acceptors (Lipinski definition) is 5. The van der Waals surface area contributed by atoms with Crippen molar-refractivity contribution in [2.45, 2.75) is 6.92 Å². The van der Waals surface area contributed by atoms with Crippen LogP contribution in [0, 0.1) is 0 Å². The second kappa shape index (κ2) is 5.89. The van der Waals surface area contributed by atoms with Gasteiger partial charge in [-0.3, -0.25) is 9.59 Å². The first kappa shape index (κ1) is 12.2. The number of esters is 2. The smallest absolute Gasteiger partial charge is 0.330 e. The molecule has 0 N–H and O–H groups in total. The molecule has 0 radical (unpaired) electrons. The summed E-state index contributed by atoms with van der Waals surface area (Å²) in [7, 11) is 0. The predicted molar refractivity (Wildman–Crippen MR) is 53.3 cm³/mol. The number of nitrogens with zero attached hydrogens (tertiary/aromatic N) is 1. The third-order valence-corrected chi connectivity index (χ3v) is 1.94. The van der Waals surface area contributed by atoms with Crippen molar-refractivity contribution in [3.05, 3.63) is 12.2 Å². The molecule has 0 aromatic rings. The Morgan fingerprint density at radius 2 is 2.31 bits per heavy atom. The van der Waals surface area contributed by atoms with Crippen LogP contribution in [0.1, 0.15) is 6.92 Å². The summed E-state index contributed by atoms with van der Waals surface area (Å²) in [6.45, 7) is 1.66. The van der Waals surface area contributed by atoms with Crippen molar-refractivity contribution >= 4 is 17.8 Å². The van der Waals surface area contributed by atoms with E-state index >= 15 is 0 Å². The van der Waals surface area contributed by atoms with E-state index < -0.39 is 11.9 Å². The summed E-state index contributed by atoms with van der Waals surface area (Å²) in [4.78, 5) is 34.3. The number of rotatable bonds is 4. The maximum atomic E-state index is 11.2. The lowest BCUT2D eigenvalue weighted by molar-refractivity contribution is -0.163. The third kappa shape index (κ3) is 3.72. The molecule has 1 rings (SSSR count). The lowest BCUT2D eigenvalue weighted by Gasteiger charge is -2.25. The first-order valence-electron chi connectivity index (χ1n) is 4.86. The minimum absolute atomic E-state index is 0.0716. The summed E-state index contributed by atoms with van der Waals surface area (Å²) in [6.07, 6.45) is 2.85. The Morgan fingerprint density at radius 1 is 1.56 bits per heavy atom. The average molecular weight is 227 g/mol. The molecule has 1 heterocycles. The zero-order valence-electron chi connectivity index (χ0n) is 8.97. The molecule has 0 bridgehead atoms. The van der Waals surface area contributed by atoms with Crippen molar-refractivity contribution in [2.24, 2.45) is 0 Å².